The summed E-state index contributed by atoms with van der Waals surface area (Å²) in [6, 6.07) is 7.65. The number of carbonyl (C=O) groups is 1. The molecule has 1 aromatic rings. The molecule has 4 nitrogen and oxygen atoms in total. The van der Waals surface area contributed by atoms with Crippen molar-refractivity contribution in [1.82, 2.24) is 10.6 Å². The van der Waals surface area contributed by atoms with E-state index in [-0.39, 0.29) is 12.5 Å². The van der Waals surface area contributed by atoms with Gasteiger partial charge in [-0.05, 0) is 43.0 Å². The first kappa shape index (κ1) is 14.0. The molecule has 1 heterocycles. The molecule has 1 aliphatic heterocycles. The molecule has 0 aromatic heterocycles. The van der Waals surface area contributed by atoms with Crippen LogP contribution in [-0.4, -0.2) is 24.1 Å². The lowest BCUT2D eigenvalue weighted by Crippen LogP contribution is -2.23. The Kier molecular flexibility index (Phi) is 5.36. The van der Waals surface area contributed by atoms with Crippen LogP contribution in [0.5, 0.6) is 0 Å². The summed E-state index contributed by atoms with van der Waals surface area (Å²) in [5.74, 6) is 0.768. The van der Waals surface area contributed by atoms with E-state index in [4.69, 9.17) is 5.11 Å². The summed E-state index contributed by atoms with van der Waals surface area (Å²) in [6.45, 7) is 2.71. The van der Waals surface area contributed by atoms with Gasteiger partial charge in [0.05, 0.1) is 6.61 Å². The van der Waals surface area contributed by atoms with Gasteiger partial charge in [0.15, 0.2) is 0 Å². The van der Waals surface area contributed by atoms with Crippen molar-refractivity contribution < 1.29 is 9.90 Å². The minimum absolute atomic E-state index is 0.0382. The Morgan fingerprint density at radius 2 is 2.26 bits per heavy atom. The Labute approximate surface area is 114 Å². The summed E-state index contributed by atoms with van der Waals surface area (Å²) in [6.07, 6.45) is 2.76. The van der Waals surface area contributed by atoms with Crippen molar-refractivity contribution >= 4 is 5.91 Å². The fraction of sp³-hybridized carbons (Fsp3) is 0.533. The normalized spacial score (nSPS) is 18.5. The maximum absolute atomic E-state index is 11.7. The molecular weight excluding hydrogens is 240 g/mol. The average molecular weight is 262 g/mol. The molecule has 104 valence electrons. The van der Waals surface area contributed by atoms with Gasteiger partial charge in [-0.1, -0.05) is 24.3 Å². The first-order valence-corrected chi connectivity index (χ1v) is 6.94. The molecule has 0 saturated carbocycles. The van der Waals surface area contributed by atoms with Crippen LogP contribution in [0.2, 0.25) is 0 Å². The number of aliphatic hydroxyl groups excluding tert-OH is 1. The van der Waals surface area contributed by atoms with E-state index in [1.165, 1.54) is 6.42 Å². The lowest BCUT2D eigenvalue weighted by atomic mass is 10.0. The molecule has 0 bridgehead atoms. The van der Waals surface area contributed by atoms with E-state index in [1.807, 2.05) is 24.3 Å². The Balaban J connectivity index is 1.70. The fourth-order valence-corrected chi connectivity index (χ4v) is 2.42. The van der Waals surface area contributed by atoms with Gasteiger partial charge in [-0.2, -0.15) is 0 Å². The topological polar surface area (TPSA) is 61.4 Å². The maximum atomic E-state index is 11.7. The van der Waals surface area contributed by atoms with Crippen LogP contribution in [0.25, 0.3) is 0 Å². The van der Waals surface area contributed by atoms with Gasteiger partial charge in [0.2, 0.25) is 5.91 Å². The maximum Gasteiger partial charge on any atom is 0.220 e. The molecule has 0 radical (unpaired) electrons. The average Bonchev–Trinajstić information content (AvgIpc) is 2.96. The predicted molar refractivity (Wildman–Crippen MR) is 74.4 cm³/mol. The monoisotopic (exact) mass is 262 g/mol. The second-order valence-electron chi connectivity index (χ2n) is 5.15. The largest absolute Gasteiger partial charge is 0.392 e. The number of carbonyl (C=O) groups excluding carboxylic acids is 1. The van der Waals surface area contributed by atoms with Crippen LogP contribution in [0.15, 0.2) is 24.3 Å². The first-order valence-electron chi connectivity index (χ1n) is 6.94. The Morgan fingerprint density at radius 3 is 3.00 bits per heavy atom. The molecule has 1 aliphatic rings. The Bertz CT molecular complexity index is 414. The smallest absolute Gasteiger partial charge is 0.220 e. The zero-order valence-electron chi connectivity index (χ0n) is 11.2. The van der Waals surface area contributed by atoms with E-state index in [0.29, 0.717) is 18.9 Å². The predicted octanol–water partition coefficient (Wildman–Crippen LogP) is 1.18. The highest BCUT2D eigenvalue weighted by Crippen LogP contribution is 2.14. The highest BCUT2D eigenvalue weighted by molar-refractivity contribution is 5.75. The third-order valence-electron chi connectivity index (χ3n) is 3.61. The second-order valence-corrected chi connectivity index (χ2v) is 5.15. The molecule has 1 saturated heterocycles. The summed E-state index contributed by atoms with van der Waals surface area (Å²) < 4.78 is 0. The molecular formula is C15H22N2O2. The Morgan fingerprint density at radius 1 is 1.42 bits per heavy atom. The van der Waals surface area contributed by atoms with Crippen molar-refractivity contribution in [2.24, 2.45) is 5.92 Å². The van der Waals surface area contributed by atoms with Gasteiger partial charge in [-0.25, -0.2) is 0 Å². The van der Waals surface area contributed by atoms with Crippen molar-refractivity contribution in [3.05, 3.63) is 35.4 Å². The van der Waals surface area contributed by atoms with Crippen LogP contribution in [0.3, 0.4) is 0 Å². The van der Waals surface area contributed by atoms with Crippen molar-refractivity contribution in [1.29, 1.82) is 0 Å². The van der Waals surface area contributed by atoms with E-state index in [2.05, 4.69) is 10.6 Å². The highest BCUT2D eigenvalue weighted by atomic mass is 16.3. The SMILES string of the molecule is O=C(CCC1CCNC1)NCc1cccc(CO)c1. The zero-order chi connectivity index (χ0) is 13.5. The number of benzene rings is 1. The standard InChI is InChI=1S/C15H22N2O2/c18-11-14-3-1-2-13(8-14)10-17-15(19)5-4-12-6-7-16-9-12/h1-3,8,12,16,18H,4-7,9-11H2,(H,17,19). The lowest BCUT2D eigenvalue weighted by molar-refractivity contribution is -0.121. The molecule has 2 rings (SSSR count). The number of amides is 1. The Hall–Kier alpha value is -1.39. The molecule has 3 N–H and O–H groups in total. The molecule has 0 aliphatic carbocycles. The van der Waals surface area contributed by atoms with Crippen molar-refractivity contribution in [3.63, 3.8) is 0 Å². The quantitative estimate of drug-likeness (QED) is 0.721. The van der Waals surface area contributed by atoms with Gasteiger partial charge >= 0.3 is 0 Å². The van der Waals surface area contributed by atoms with E-state index in [1.54, 1.807) is 0 Å². The van der Waals surface area contributed by atoms with Crippen molar-refractivity contribution in [2.75, 3.05) is 13.1 Å². The summed E-state index contributed by atoms with van der Waals surface area (Å²) in [4.78, 5) is 11.7. The summed E-state index contributed by atoms with van der Waals surface area (Å²) in [5, 5.41) is 15.3. The molecule has 0 spiro atoms. The van der Waals surface area contributed by atoms with Crippen molar-refractivity contribution in [2.45, 2.75) is 32.4 Å². The molecule has 19 heavy (non-hydrogen) atoms. The zero-order valence-corrected chi connectivity index (χ0v) is 11.2. The number of hydrogen-bond acceptors (Lipinski definition) is 3. The van der Waals surface area contributed by atoms with Crippen LogP contribution in [0, 0.1) is 5.92 Å². The lowest BCUT2D eigenvalue weighted by Gasteiger charge is -2.09. The van der Waals surface area contributed by atoms with Crippen LogP contribution < -0.4 is 10.6 Å². The molecule has 1 amide bonds. The van der Waals surface area contributed by atoms with Crippen molar-refractivity contribution in [3.8, 4) is 0 Å². The third kappa shape index (κ3) is 4.65. The van der Waals surface area contributed by atoms with Crippen LogP contribution in [0.1, 0.15) is 30.4 Å². The van der Waals surface area contributed by atoms with E-state index in [0.717, 1.165) is 30.6 Å². The number of nitrogens with one attached hydrogen (secondary N) is 2. The third-order valence-corrected chi connectivity index (χ3v) is 3.61. The van der Waals surface area contributed by atoms with Gasteiger partial charge in [0, 0.05) is 13.0 Å². The molecule has 1 fully saturated rings. The van der Waals surface area contributed by atoms with E-state index >= 15 is 0 Å². The molecule has 4 heteroatoms. The van der Waals surface area contributed by atoms with Gasteiger partial charge in [-0.3, -0.25) is 4.79 Å². The minimum Gasteiger partial charge on any atom is -0.392 e. The van der Waals surface area contributed by atoms with Crippen LogP contribution in [0.4, 0.5) is 0 Å². The first-order chi connectivity index (χ1) is 9.28. The van der Waals surface area contributed by atoms with Gasteiger partial charge in [-0.15, -0.1) is 0 Å². The number of aliphatic hydroxyl groups is 1. The second kappa shape index (κ2) is 7.26. The van der Waals surface area contributed by atoms with Gasteiger partial charge in [0.25, 0.3) is 0 Å². The molecule has 1 aromatic carbocycles. The number of hydrogen-bond donors (Lipinski definition) is 3. The van der Waals surface area contributed by atoms with E-state index < -0.39 is 0 Å². The van der Waals surface area contributed by atoms with Crippen LogP contribution >= 0.6 is 0 Å². The number of rotatable bonds is 6. The summed E-state index contributed by atoms with van der Waals surface area (Å²) in [5.41, 5.74) is 1.91. The summed E-state index contributed by atoms with van der Waals surface area (Å²) in [7, 11) is 0. The van der Waals surface area contributed by atoms with Gasteiger partial charge in [0.1, 0.15) is 0 Å². The fourth-order valence-electron chi connectivity index (χ4n) is 2.42. The van der Waals surface area contributed by atoms with Gasteiger partial charge < -0.3 is 15.7 Å². The summed E-state index contributed by atoms with van der Waals surface area (Å²) >= 11 is 0. The van der Waals surface area contributed by atoms with E-state index in [9.17, 15) is 4.79 Å². The molecule has 1 atom stereocenters. The highest BCUT2D eigenvalue weighted by Gasteiger charge is 2.15. The minimum atomic E-state index is 0.0382. The molecule has 1 unspecified atom stereocenters. The van der Waals surface area contributed by atoms with Crippen LogP contribution in [-0.2, 0) is 17.9 Å².